The molecule has 170 valence electrons. The summed E-state index contributed by atoms with van der Waals surface area (Å²) in [5.74, 6) is 0.976. The fourth-order valence-electron chi connectivity index (χ4n) is 4.29. The number of piperazine rings is 1. The Morgan fingerprint density at radius 2 is 1.85 bits per heavy atom. The summed E-state index contributed by atoms with van der Waals surface area (Å²) in [6.07, 6.45) is 1.81. The molecule has 4 heterocycles. The molecule has 33 heavy (non-hydrogen) atoms. The number of aromatic nitrogens is 3. The smallest absolute Gasteiger partial charge is 0.273 e. The topological polar surface area (TPSA) is 85.8 Å². The summed E-state index contributed by atoms with van der Waals surface area (Å²) >= 11 is 0. The van der Waals surface area contributed by atoms with E-state index in [2.05, 4.69) is 16.0 Å². The van der Waals surface area contributed by atoms with Crippen molar-refractivity contribution in [3.05, 3.63) is 47.8 Å². The minimum absolute atomic E-state index is 0.00844. The molecule has 0 saturated carbocycles. The monoisotopic (exact) mass is 445 g/mol. The van der Waals surface area contributed by atoms with E-state index in [1.165, 1.54) is 0 Å². The highest BCUT2D eigenvalue weighted by molar-refractivity contribution is 5.99. The number of rotatable bonds is 4. The van der Waals surface area contributed by atoms with E-state index in [1.54, 1.807) is 16.8 Å². The van der Waals surface area contributed by atoms with E-state index in [-0.39, 0.29) is 24.4 Å². The molecular weight excluding hydrogens is 418 g/mol. The molecule has 2 amide bonds. The first-order valence-corrected chi connectivity index (χ1v) is 11.1. The lowest BCUT2D eigenvalue weighted by Gasteiger charge is -2.32. The normalized spacial score (nSPS) is 16.2. The summed E-state index contributed by atoms with van der Waals surface area (Å²) in [4.78, 5) is 46.9. The van der Waals surface area contributed by atoms with Gasteiger partial charge in [-0.1, -0.05) is 18.2 Å². The van der Waals surface area contributed by atoms with Crippen molar-refractivity contribution in [2.75, 3.05) is 43.5 Å². The molecule has 1 aromatic carbocycles. The second kappa shape index (κ2) is 7.99. The molecule has 0 radical (unpaired) electrons. The Labute approximate surface area is 192 Å². The van der Waals surface area contributed by atoms with E-state index in [1.807, 2.05) is 61.2 Å². The van der Waals surface area contributed by atoms with Crippen molar-refractivity contribution in [3.8, 4) is 0 Å². The lowest BCUT2D eigenvalue weighted by Crippen LogP contribution is -2.49. The molecule has 2 aliphatic rings. The average molecular weight is 446 g/mol. The van der Waals surface area contributed by atoms with Gasteiger partial charge in [-0.15, -0.1) is 0 Å². The first-order chi connectivity index (χ1) is 15.8. The third kappa shape index (κ3) is 3.63. The predicted molar refractivity (Wildman–Crippen MR) is 127 cm³/mol. The van der Waals surface area contributed by atoms with Crippen molar-refractivity contribution < 1.29 is 9.59 Å². The van der Waals surface area contributed by atoms with Gasteiger partial charge in [-0.3, -0.25) is 14.6 Å². The van der Waals surface area contributed by atoms with Gasteiger partial charge in [0, 0.05) is 44.2 Å². The molecule has 2 aliphatic heterocycles. The number of amides is 2. The number of para-hydroxylation sites is 1. The molecule has 1 saturated heterocycles. The van der Waals surface area contributed by atoms with Gasteiger partial charge < -0.3 is 19.6 Å². The fourth-order valence-corrected chi connectivity index (χ4v) is 4.29. The summed E-state index contributed by atoms with van der Waals surface area (Å²) in [6.45, 7) is 5.84. The van der Waals surface area contributed by atoms with Crippen LogP contribution in [0, 0.1) is 0 Å². The SMILES string of the molecule is CC(C)N1Cc2c(nc(N3CCN(C)C(=O)C3)nc2N(C)c2cnc3ccccc3c2)C1=O. The lowest BCUT2D eigenvalue weighted by molar-refractivity contribution is -0.129. The van der Waals surface area contributed by atoms with Gasteiger partial charge in [-0.25, -0.2) is 4.98 Å². The largest absolute Gasteiger partial charge is 0.342 e. The molecule has 0 atom stereocenters. The third-order valence-electron chi connectivity index (χ3n) is 6.41. The first kappa shape index (κ1) is 21.1. The van der Waals surface area contributed by atoms with Gasteiger partial charge in [-0.2, -0.15) is 4.98 Å². The predicted octanol–water partition coefficient (Wildman–Crippen LogP) is 2.44. The van der Waals surface area contributed by atoms with E-state index in [9.17, 15) is 9.59 Å². The number of nitrogens with zero attached hydrogens (tertiary/aromatic N) is 7. The quantitative estimate of drug-likeness (QED) is 0.610. The zero-order valence-electron chi connectivity index (χ0n) is 19.3. The third-order valence-corrected chi connectivity index (χ3v) is 6.41. The Balaban J connectivity index is 1.60. The second-order valence-electron chi connectivity index (χ2n) is 8.88. The number of anilines is 3. The molecule has 3 aromatic rings. The van der Waals surface area contributed by atoms with Gasteiger partial charge in [0.15, 0.2) is 0 Å². The van der Waals surface area contributed by atoms with Gasteiger partial charge in [0.1, 0.15) is 11.5 Å². The number of benzene rings is 1. The van der Waals surface area contributed by atoms with Crippen LogP contribution in [0.25, 0.3) is 10.9 Å². The Kier molecular flexibility index (Phi) is 5.11. The first-order valence-electron chi connectivity index (χ1n) is 11.1. The van der Waals surface area contributed by atoms with Crippen LogP contribution in [0.15, 0.2) is 36.5 Å². The van der Waals surface area contributed by atoms with Crippen LogP contribution in [0.2, 0.25) is 0 Å². The van der Waals surface area contributed by atoms with Gasteiger partial charge in [0.2, 0.25) is 11.9 Å². The van der Waals surface area contributed by atoms with Crippen molar-refractivity contribution in [2.45, 2.75) is 26.4 Å². The summed E-state index contributed by atoms with van der Waals surface area (Å²) in [5, 5.41) is 1.03. The van der Waals surface area contributed by atoms with Gasteiger partial charge in [0.25, 0.3) is 5.91 Å². The van der Waals surface area contributed by atoms with Crippen LogP contribution in [0.3, 0.4) is 0 Å². The highest BCUT2D eigenvalue weighted by Gasteiger charge is 2.36. The Hall–Kier alpha value is -3.75. The maximum atomic E-state index is 13.2. The standard InChI is InChI=1S/C24H27N7O2/c1-15(2)31-13-18-21(23(31)33)26-24(30-10-9-28(3)20(32)14-30)27-22(18)29(4)17-11-16-7-5-6-8-19(16)25-12-17/h5-8,11-12,15H,9-10,13-14H2,1-4H3. The van der Waals surface area contributed by atoms with Gasteiger partial charge >= 0.3 is 0 Å². The molecule has 5 rings (SSSR count). The van der Waals surface area contributed by atoms with Crippen LogP contribution in [0.1, 0.15) is 29.9 Å². The molecule has 2 aromatic heterocycles. The van der Waals surface area contributed by atoms with Crippen LogP contribution >= 0.6 is 0 Å². The summed E-state index contributed by atoms with van der Waals surface area (Å²) < 4.78 is 0. The van der Waals surface area contributed by atoms with E-state index in [4.69, 9.17) is 4.98 Å². The Morgan fingerprint density at radius 3 is 2.61 bits per heavy atom. The van der Waals surface area contributed by atoms with E-state index in [0.29, 0.717) is 37.1 Å². The fraction of sp³-hybridized carbons (Fsp3) is 0.375. The summed E-state index contributed by atoms with van der Waals surface area (Å²) in [6, 6.07) is 10.1. The van der Waals surface area contributed by atoms with Crippen LogP contribution in [-0.4, -0.2) is 76.3 Å². The minimum Gasteiger partial charge on any atom is -0.342 e. The summed E-state index contributed by atoms with van der Waals surface area (Å²) in [7, 11) is 3.72. The second-order valence-corrected chi connectivity index (χ2v) is 8.88. The molecule has 0 aliphatic carbocycles. The summed E-state index contributed by atoms with van der Waals surface area (Å²) in [5.41, 5.74) is 3.00. The number of hydrogen-bond acceptors (Lipinski definition) is 7. The van der Waals surface area contributed by atoms with E-state index < -0.39 is 0 Å². The van der Waals surface area contributed by atoms with E-state index in [0.717, 1.165) is 22.2 Å². The van der Waals surface area contributed by atoms with Gasteiger partial charge in [-0.05, 0) is 26.0 Å². The Morgan fingerprint density at radius 1 is 1.06 bits per heavy atom. The molecule has 0 unspecified atom stereocenters. The van der Waals surface area contributed by atoms with Crippen molar-refractivity contribution in [1.29, 1.82) is 0 Å². The number of likely N-dealkylation sites (N-methyl/N-ethyl adjacent to an activating group) is 1. The lowest BCUT2D eigenvalue weighted by atomic mass is 10.2. The zero-order chi connectivity index (χ0) is 23.3. The highest BCUT2D eigenvalue weighted by Crippen LogP contribution is 2.35. The number of fused-ring (bicyclic) bond motifs is 2. The zero-order valence-corrected chi connectivity index (χ0v) is 19.3. The number of hydrogen-bond donors (Lipinski definition) is 0. The molecule has 9 nitrogen and oxygen atoms in total. The van der Waals surface area contributed by atoms with Crippen molar-refractivity contribution in [3.63, 3.8) is 0 Å². The van der Waals surface area contributed by atoms with Crippen LogP contribution in [-0.2, 0) is 11.3 Å². The van der Waals surface area contributed by atoms with Crippen LogP contribution in [0.5, 0.6) is 0 Å². The number of carbonyl (C=O) groups is 2. The van der Waals surface area contributed by atoms with Crippen molar-refractivity contribution >= 4 is 40.2 Å². The molecular formula is C24H27N7O2. The maximum absolute atomic E-state index is 13.2. The molecule has 0 N–H and O–H groups in total. The molecule has 0 spiro atoms. The van der Waals surface area contributed by atoms with Crippen LogP contribution < -0.4 is 9.80 Å². The van der Waals surface area contributed by atoms with E-state index >= 15 is 0 Å². The Bertz CT molecular complexity index is 1260. The number of carbonyl (C=O) groups excluding carboxylic acids is 2. The number of pyridine rings is 1. The van der Waals surface area contributed by atoms with Gasteiger partial charge in [0.05, 0.1) is 30.5 Å². The maximum Gasteiger partial charge on any atom is 0.273 e. The molecule has 1 fully saturated rings. The van der Waals surface area contributed by atoms with Crippen molar-refractivity contribution in [2.24, 2.45) is 0 Å². The molecule has 0 bridgehead atoms. The molecule has 9 heteroatoms. The van der Waals surface area contributed by atoms with Crippen molar-refractivity contribution in [1.82, 2.24) is 24.8 Å². The minimum atomic E-state index is -0.101. The average Bonchev–Trinajstić information content (AvgIpc) is 3.16. The highest BCUT2D eigenvalue weighted by atomic mass is 16.2. The van der Waals surface area contributed by atoms with Crippen LogP contribution in [0.4, 0.5) is 17.5 Å².